The maximum absolute atomic E-state index is 12.4. The Bertz CT molecular complexity index is 785. The topological polar surface area (TPSA) is 49.4 Å². The Morgan fingerprint density at radius 2 is 2.00 bits per heavy atom. The highest BCUT2D eigenvalue weighted by molar-refractivity contribution is 8.26. The van der Waals surface area contributed by atoms with Gasteiger partial charge >= 0.3 is 0 Å². The van der Waals surface area contributed by atoms with Crippen LogP contribution in [0.3, 0.4) is 0 Å². The van der Waals surface area contributed by atoms with Gasteiger partial charge in [0, 0.05) is 23.5 Å². The average Bonchev–Trinajstić information content (AvgIpc) is 3.16. The van der Waals surface area contributed by atoms with E-state index >= 15 is 0 Å². The van der Waals surface area contributed by atoms with E-state index in [9.17, 15) is 9.59 Å². The Morgan fingerprint density at radius 3 is 2.71 bits per heavy atom. The largest absolute Gasteiger partial charge is 0.326 e. The van der Waals surface area contributed by atoms with Crippen molar-refractivity contribution in [2.75, 3.05) is 11.9 Å². The molecule has 0 radical (unpaired) electrons. The van der Waals surface area contributed by atoms with Crippen LogP contribution >= 0.6 is 35.3 Å². The fraction of sp³-hybridized carbons (Fsp3) is 0.118. The third-order valence-electron chi connectivity index (χ3n) is 3.31. The van der Waals surface area contributed by atoms with Gasteiger partial charge < -0.3 is 5.32 Å². The van der Waals surface area contributed by atoms with Crippen LogP contribution in [0.2, 0.25) is 0 Å². The van der Waals surface area contributed by atoms with Gasteiger partial charge in [0.1, 0.15) is 4.32 Å². The zero-order chi connectivity index (χ0) is 16.9. The van der Waals surface area contributed by atoms with Crippen LogP contribution in [0.1, 0.15) is 11.3 Å². The van der Waals surface area contributed by atoms with Crippen LogP contribution in [-0.2, 0) is 9.59 Å². The predicted octanol–water partition coefficient (Wildman–Crippen LogP) is 3.98. The molecule has 0 unspecified atom stereocenters. The van der Waals surface area contributed by atoms with Crippen molar-refractivity contribution in [3.8, 4) is 0 Å². The van der Waals surface area contributed by atoms with Crippen LogP contribution in [0.15, 0.2) is 52.7 Å². The Labute approximate surface area is 153 Å². The van der Waals surface area contributed by atoms with Gasteiger partial charge in [-0.3, -0.25) is 14.5 Å². The number of hydrogen-bond acceptors (Lipinski definition) is 5. The zero-order valence-electron chi connectivity index (χ0n) is 12.6. The van der Waals surface area contributed by atoms with Crippen molar-refractivity contribution >= 4 is 63.2 Å². The maximum Gasteiger partial charge on any atom is 0.266 e. The molecule has 122 valence electrons. The molecule has 0 bridgehead atoms. The summed E-state index contributed by atoms with van der Waals surface area (Å²) in [4.78, 5) is 27.5. The van der Waals surface area contributed by atoms with Crippen LogP contribution in [0.4, 0.5) is 5.69 Å². The zero-order valence-corrected chi connectivity index (χ0v) is 15.0. The van der Waals surface area contributed by atoms with Crippen LogP contribution in [0.5, 0.6) is 0 Å². The van der Waals surface area contributed by atoms with Crippen LogP contribution < -0.4 is 5.32 Å². The van der Waals surface area contributed by atoms with E-state index < -0.39 is 0 Å². The molecule has 1 aliphatic heterocycles. The summed E-state index contributed by atoms with van der Waals surface area (Å²) in [6.45, 7) is 0.283. The van der Waals surface area contributed by atoms with E-state index in [2.05, 4.69) is 5.32 Å². The van der Waals surface area contributed by atoms with Gasteiger partial charge in [0.15, 0.2) is 0 Å². The minimum Gasteiger partial charge on any atom is -0.326 e. The van der Waals surface area contributed by atoms with Gasteiger partial charge in [0.05, 0.1) is 4.91 Å². The lowest BCUT2D eigenvalue weighted by molar-refractivity contribution is -0.122. The van der Waals surface area contributed by atoms with Gasteiger partial charge in [-0.15, -0.1) is 11.3 Å². The summed E-state index contributed by atoms with van der Waals surface area (Å²) in [6, 6.07) is 13.1. The van der Waals surface area contributed by atoms with Crippen molar-refractivity contribution in [1.29, 1.82) is 0 Å². The van der Waals surface area contributed by atoms with E-state index in [1.807, 2.05) is 53.9 Å². The molecule has 1 aromatic heterocycles. The summed E-state index contributed by atoms with van der Waals surface area (Å²) in [7, 11) is 0. The molecule has 24 heavy (non-hydrogen) atoms. The van der Waals surface area contributed by atoms with Crippen molar-refractivity contribution in [3.63, 3.8) is 0 Å². The lowest BCUT2D eigenvalue weighted by atomic mass is 10.3. The number of anilines is 1. The summed E-state index contributed by atoms with van der Waals surface area (Å²) in [5.41, 5.74) is 0.741. The highest BCUT2D eigenvalue weighted by Gasteiger charge is 2.32. The average molecular weight is 375 g/mol. The minimum absolute atomic E-state index is 0.133. The van der Waals surface area contributed by atoms with E-state index in [0.29, 0.717) is 9.23 Å². The minimum atomic E-state index is -0.141. The highest BCUT2D eigenvalue weighted by atomic mass is 32.2. The molecular weight excluding hydrogens is 360 g/mol. The van der Waals surface area contributed by atoms with Crippen molar-refractivity contribution in [3.05, 3.63) is 57.6 Å². The first-order chi connectivity index (χ1) is 11.6. The highest BCUT2D eigenvalue weighted by Crippen LogP contribution is 2.33. The number of para-hydroxylation sites is 1. The Hall–Kier alpha value is -1.96. The number of hydrogen-bond donors (Lipinski definition) is 1. The number of thiocarbonyl (C=S) groups is 1. The molecule has 2 aromatic rings. The Morgan fingerprint density at radius 1 is 1.21 bits per heavy atom. The monoisotopic (exact) mass is 374 g/mol. The van der Waals surface area contributed by atoms with Crippen molar-refractivity contribution in [2.45, 2.75) is 6.42 Å². The summed E-state index contributed by atoms with van der Waals surface area (Å²) >= 11 is 8.12. The van der Waals surface area contributed by atoms with Crippen molar-refractivity contribution in [2.24, 2.45) is 0 Å². The summed E-state index contributed by atoms with van der Waals surface area (Å²) in [6.07, 6.45) is 2.04. The van der Waals surface area contributed by atoms with E-state index in [1.165, 1.54) is 16.7 Å². The van der Waals surface area contributed by atoms with E-state index in [4.69, 9.17) is 12.2 Å². The summed E-state index contributed by atoms with van der Waals surface area (Å²) < 4.78 is 0.496. The fourth-order valence-corrected chi connectivity index (χ4v) is 4.19. The van der Waals surface area contributed by atoms with Crippen LogP contribution in [0, 0.1) is 0 Å². The number of carbonyl (C=O) groups excluding carboxylic acids is 2. The molecule has 2 heterocycles. The van der Waals surface area contributed by atoms with Crippen molar-refractivity contribution in [1.82, 2.24) is 4.90 Å². The number of thiophene rings is 1. The number of benzene rings is 1. The first-order valence-electron chi connectivity index (χ1n) is 7.27. The van der Waals surface area contributed by atoms with E-state index in [0.717, 1.165) is 10.6 Å². The third kappa shape index (κ3) is 4.11. The summed E-state index contributed by atoms with van der Waals surface area (Å²) in [5.74, 6) is -0.275. The molecular formula is C17H14N2O2S3. The SMILES string of the molecule is O=C(CCN1C(=O)C(=Cc2cccs2)SC1=S)Nc1ccccc1. The normalized spacial score (nSPS) is 16.0. The first-order valence-corrected chi connectivity index (χ1v) is 9.38. The molecule has 0 atom stereocenters. The first kappa shape index (κ1) is 16.9. The smallest absolute Gasteiger partial charge is 0.266 e. The van der Waals surface area contributed by atoms with Gasteiger partial charge in [-0.05, 0) is 29.7 Å². The van der Waals surface area contributed by atoms with E-state index in [-0.39, 0.29) is 24.8 Å². The number of nitrogens with one attached hydrogen (secondary N) is 1. The quantitative estimate of drug-likeness (QED) is 0.635. The van der Waals surface area contributed by atoms with Gasteiger partial charge in [-0.1, -0.05) is 48.2 Å². The standard InChI is InChI=1S/C17H14N2O2S3/c20-15(18-12-5-2-1-3-6-12)8-9-19-16(21)14(24-17(19)22)11-13-7-4-10-23-13/h1-7,10-11H,8-9H2,(H,18,20). The van der Waals surface area contributed by atoms with Gasteiger partial charge in [0.25, 0.3) is 5.91 Å². The molecule has 0 spiro atoms. The molecule has 1 saturated heterocycles. The number of carbonyl (C=O) groups is 2. The molecule has 4 nitrogen and oxygen atoms in total. The molecule has 1 N–H and O–H groups in total. The Balaban J connectivity index is 1.58. The molecule has 3 rings (SSSR count). The van der Waals surface area contributed by atoms with Crippen molar-refractivity contribution < 1.29 is 9.59 Å². The summed E-state index contributed by atoms with van der Waals surface area (Å²) in [5, 5.41) is 4.76. The van der Waals surface area contributed by atoms with Crippen LogP contribution in [-0.4, -0.2) is 27.6 Å². The third-order valence-corrected chi connectivity index (χ3v) is 5.51. The molecule has 0 saturated carbocycles. The maximum atomic E-state index is 12.4. The molecule has 1 fully saturated rings. The second kappa shape index (κ2) is 7.74. The number of thioether (sulfide) groups is 1. The van der Waals surface area contributed by atoms with Gasteiger partial charge in [-0.2, -0.15) is 0 Å². The second-order valence-corrected chi connectivity index (χ2v) is 7.67. The van der Waals surface area contributed by atoms with Gasteiger partial charge in [-0.25, -0.2) is 0 Å². The molecule has 2 amide bonds. The molecule has 1 aromatic carbocycles. The molecule has 1 aliphatic rings. The Kier molecular flexibility index (Phi) is 5.44. The van der Waals surface area contributed by atoms with Crippen LogP contribution in [0.25, 0.3) is 6.08 Å². The lowest BCUT2D eigenvalue weighted by Gasteiger charge is -2.14. The molecule has 0 aliphatic carbocycles. The number of rotatable bonds is 5. The fourth-order valence-electron chi connectivity index (χ4n) is 2.15. The second-order valence-electron chi connectivity index (χ2n) is 5.01. The number of nitrogens with zero attached hydrogens (tertiary/aromatic N) is 1. The lowest BCUT2D eigenvalue weighted by Crippen LogP contribution is -2.31. The molecule has 7 heteroatoms. The predicted molar refractivity (Wildman–Crippen MR) is 104 cm³/mol. The van der Waals surface area contributed by atoms with Gasteiger partial charge in [0.2, 0.25) is 5.91 Å². The van der Waals surface area contributed by atoms with E-state index in [1.54, 1.807) is 11.3 Å². The number of amides is 2.